The van der Waals surface area contributed by atoms with Gasteiger partial charge in [0.15, 0.2) is 6.61 Å². The van der Waals surface area contributed by atoms with Crippen molar-refractivity contribution in [2.24, 2.45) is 0 Å². The van der Waals surface area contributed by atoms with Crippen LogP contribution in [-0.4, -0.2) is 51.0 Å². The summed E-state index contributed by atoms with van der Waals surface area (Å²) in [6.45, 7) is 24.8. The monoisotopic (exact) mass is 556 g/mol. The average molecular weight is 557 g/mol. The van der Waals surface area contributed by atoms with Crippen molar-refractivity contribution >= 4 is 33.3 Å². The van der Waals surface area contributed by atoms with Gasteiger partial charge < -0.3 is 19.3 Å². The second kappa shape index (κ2) is 14.3. The van der Waals surface area contributed by atoms with Gasteiger partial charge in [0.05, 0.1) is 19.2 Å². The number of rotatable bonds is 3. The molecule has 0 atom stereocenters. The minimum absolute atomic E-state index is 0.00338. The SMILES string of the molecule is C#CC(=O)OCC#CC#C[Si](C)(C)C.CC(C)(C)O.CC(C)(C)Oc1cc2c(cc1[Si](C)(C)C)C(=O)OC2. The van der Waals surface area contributed by atoms with Crippen LogP contribution in [0.2, 0.25) is 39.3 Å². The first-order chi connectivity index (χ1) is 17.0. The van der Waals surface area contributed by atoms with Gasteiger partial charge in [0.25, 0.3) is 0 Å². The van der Waals surface area contributed by atoms with Gasteiger partial charge in [0.1, 0.15) is 26.0 Å². The first kappa shape index (κ1) is 35.0. The summed E-state index contributed by atoms with van der Waals surface area (Å²) in [6.07, 6.45) is 4.77. The third-order valence-corrected chi connectivity index (χ3v) is 6.87. The Morgan fingerprint density at radius 1 is 1.05 bits per heavy atom. The average Bonchev–Trinajstić information content (AvgIpc) is 3.06. The summed E-state index contributed by atoms with van der Waals surface area (Å²) in [5.74, 6) is 9.73. The molecule has 2 rings (SSSR count). The van der Waals surface area contributed by atoms with Crippen LogP contribution < -0.4 is 9.92 Å². The van der Waals surface area contributed by atoms with Crippen LogP contribution in [0.1, 0.15) is 57.5 Å². The molecular formula is C30H44O6Si2. The van der Waals surface area contributed by atoms with Crippen LogP contribution in [0.5, 0.6) is 5.75 Å². The largest absolute Gasteiger partial charge is 0.488 e. The van der Waals surface area contributed by atoms with E-state index in [0.717, 1.165) is 11.3 Å². The molecule has 1 aliphatic rings. The van der Waals surface area contributed by atoms with Gasteiger partial charge in [-0.3, -0.25) is 0 Å². The maximum Gasteiger partial charge on any atom is 0.385 e. The Hall–Kier alpha value is -2.97. The second-order valence-electron chi connectivity index (χ2n) is 12.7. The molecule has 208 valence electrons. The molecule has 1 heterocycles. The van der Waals surface area contributed by atoms with E-state index in [1.54, 1.807) is 20.8 Å². The maximum absolute atomic E-state index is 11.7. The summed E-state index contributed by atoms with van der Waals surface area (Å²) in [5, 5.41) is 9.70. The highest BCUT2D eigenvalue weighted by molar-refractivity contribution is 6.89. The summed E-state index contributed by atoms with van der Waals surface area (Å²) < 4.78 is 15.7. The number of carbonyl (C=O) groups is 2. The molecule has 38 heavy (non-hydrogen) atoms. The molecule has 1 aromatic carbocycles. The van der Waals surface area contributed by atoms with E-state index >= 15 is 0 Å². The predicted molar refractivity (Wildman–Crippen MR) is 160 cm³/mol. The molecule has 0 fully saturated rings. The van der Waals surface area contributed by atoms with Crippen molar-refractivity contribution in [3.63, 3.8) is 0 Å². The topological polar surface area (TPSA) is 82.1 Å². The third-order valence-electron chi connectivity index (χ3n) is 3.99. The van der Waals surface area contributed by atoms with Crippen molar-refractivity contribution in [3.8, 4) is 41.4 Å². The molecular weight excluding hydrogens is 512 g/mol. The molecule has 0 saturated heterocycles. The first-order valence-corrected chi connectivity index (χ1v) is 19.4. The van der Waals surface area contributed by atoms with E-state index in [-0.39, 0.29) is 18.2 Å². The van der Waals surface area contributed by atoms with Crippen LogP contribution in [-0.2, 0) is 20.9 Å². The minimum Gasteiger partial charge on any atom is -0.488 e. The van der Waals surface area contributed by atoms with E-state index < -0.39 is 27.7 Å². The summed E-state index contributed by atoms with van der Waals surface area (Å²) in [7, 11) is -2.93. The Bertz CT molecular complexity index is 1140. The molecule has 0 radical (unpaired) electrons. The van der Waals surface area contributed by atoms with E-state index in [1.165, 1.54) is 5.19 Å². The molecule has 0 spiro atoms. The number of hydrogen-bond acceptors (Lipinski definition) is 6. The first-order valence-electron chi connectivity index (χ1n) is 12.4. The number of hydrogen-bond donors (Lipinski definition) is 1. The lowest BCUT2D eigenvalue weighted by molar-refractivity contribution is -0.135. The normalized spacial score (nSPS) is 12.3. The molecule has 6 nitrogen and oxygen atoms in total. The highest BCUT2D eigenvalue weighted by Gasteiger charge is 2.30. The Balaban J connectivity index is 0.000000635. The van der Waals surface area contributed by atoms with Gasteiger partial charge in [0, 0.05) is 11.5 Å². The van der Waals surface area contributed by atoms with Crippen molar-refractivity contribution in [1.82, 2.24) is 0 Å². The highest BCUT2D eigenvalue weighted by atomic mass is 28.3. The predicted octanol–water partition coefficient (Wildman–Crippen LogP) is 4.90. The fourth-order valence-corrected chi connectivity index (χ4v) is 4.47. The molecule has 0 aliphatic carbocycles. The Kier molecular flexibility index (Phi) is 13.1. The van der Waals surface area contributed by atoms with Gasteiger partial charge in [-0.25, -0.2) is 9.59 Å². The van der Waals surface area contributed by atoms with Gasteiger partial charge in [-0.1, -0.05) is 39.3 Å². The molecule has 1 N–H and O–H groups in total. The number of benzene rings is 1. The minimum atomic E-state index is -1.58. The van der Waals surface area contributed by atoms with Gasteiger partial charge >= 0.3 is 11.9 Å². The summed E-state index contributed by atoms with van der Waals surface area (Å²) in [4.78, 5) is 22.1. The van der Waals surface area contributed by atoms with Crippen molar-refractivity contribution in [3.05, 3.63) is 23.3 Å². The zero-order valence-corrected chi connectivity index (χ0v) is 27.1. The van der Waals surface area contributed by atoms with E-state index in [1.807, 2.05) is 38.8 Å². The van der Waals surface area contributed by atoms with Gasteiger partial charge in [-0.05, 0) is 76.6 Å². The van der Waals surface area contributed by atoms with Crippen molar-refractivity contribution in [2.75, 3.05) is 6.61 Å². The van der Waals surface area contributed by atoms with Crippen LogP contribution in [0.15, 0.2) is 12.1 Å². The summed E-state index contributed by atoms with van der Waals surface area (Å²) >= 11 is 0. The van der Waals surface area contributed by atoms with Gasteiger partial charge in [0.2, 0.25) is 0 Å². The number of ether oxygens (including phenoxy) is 3. The number of fused-ring (bicyclic) bond motifs is 1. The molecule has 0 unspecified atom stereocenters. The lowest BCUT2D eigenvalue weighted by Gasteiger charge is -2.27. The van der Waals surface area contributed by atoms with Crippen LogP contribution in [0.25, 0.3) is 0 Å². The van der Waals surface area contributed by atoms with Crippen LogP contribution in [0, 0.1) is 35.6 Å². The van der Waals surface area contributed by atoms with E-state index in [2.05, 4.69) is 67.3 Å². The van der Waals surface area contributed by atoms with Crippen molar-refractivity contribution < 1.29 is 28.9 Å². The standard InChI is InChI=1S/C15H22O3Si.C11H12O2Si.C4H10O/c1-15(2,3)18-12-7-10-9-17-14(16)11(10)8-13(12)19(4,5)6;1-5-11(12)13-9-7-6-8-10-14(2,3)4;1-4(2,3)5/h7-8H,9H2,1-6H3;1H,9H2,2-4H3;5H,1-3H3. The number of aliphatic hydroxyl groups is 1. The summed E-state index contributed by atoms with van der Waals surface area (Å²) in [6, 6.07) is 3.97. The lowest BCUT2D eigenvalue weighted by Crippen LogP contribution is -2.41. The Morgan fingerprint density at radius 3 is 2.05 bits per heavy atom. The van der Waals surface area contributed by atoms with E-state index in [0.29, 0.717) is 12.2 Å². The molecule has 0 bridgehead atoms. The van der Waals surface area contributed by atoms with Crippen LogP contribution in [0.3, 0.4) is 0 Å². The summed E-state index contributed by atoms with van der Waals surface area (Å²) in [5.41, 5.74) is 3.96. The smallest absolute Gasteiger partial charge is 0.385 e. The Labute approximate surface area is 231 Å². The van der Waals surface area contributed by atoms with Crippen LogP contribution >= 0.6 is 0 Å². The van der Waals surface area contributed by atoms with Crippen molar-refractivity contribution in [1.29, 1.82) is 0 Å². The Morgan fingerprint density at radius 2 is 1.61 bits per heavy atom. The molecule has 0 saturated carbocycles. The highest BCUT2D eigenvalue weighted by Crippen LogP contribution is 2.27. The van der Waals surface area contributed by atoms with E-state index in [4.69, 9.17) is 21.0 Å². The van der Waals surface area contributed by atoms with Gasteiger partial charge in [-0.15, -0.1) is 12.0 Å². The molecule has 8 heteroatoms. The quantitative estimate of drug-likeness (QED) is 0.247. The fourth-order valence-electron chi connectivity index (χ4n) is 2.60. The number of terminal acetylenes is 1. The number of carbonyl (C=O) groups excluding carboxylic acids is 2. The molecule has 1 aliphatic heterocycles. The van der Waals surface area contributed by atoms with E-state index in [9.17, 15) is 9.59 Å². The second-order valence-corrected chi connectivity index (χ2v) is 22.5. The van der Waals surface area contributed by atoms with Gasteiger partial charge in [-0.2, -0.15) is 0 Å². The lowest BCUT2D eigenvalue weighted by atomic mass is 10.1. The zero-order chi connectivity index (χ0) is 29.9. The molecule has 0 amide bonds. The number of esters is 2. The molecule has 0 aromatic heterocycles. The maximum atomic E-state index is 11.7. The number of cyclic esters (lactones) is 1. The third kappa shape index (κ3) is 16.7. The fraction of sp³-hybridized carbons (Fsp3) is 0.533. The zero-order valence-electron chi connectivity index (χ0n) is 25.1. The van der Waals surface area contributed by atoms with Crippen LogP contribution in [0.4, 0.5) is 0 Å². The molecule has 1 aromatic rings. The van der Waals surface area contributed by atoms with Crippen molar-refractivity contribution in [2.45, 2.75) is 98.6 Å².